The van der Waals surface area contributed by atoms with Gasteiger partial charge in [-0.1, -0.05) is 26.0 Å². The lowest BCUT2D eigenvalue weighted by Gasteiger charge is -2.19. The van der Waals surface area contributed by atoms with E-state index in [1.165, 1.54) is 19.1 Å². The van der Waals surface area contributed by atoms with Crippen LogP contribution in [0.4, 0.5) is 4.39 Å². The summed E-state index contributed by atoms with van der Waals surface area (Å²) in [7, 11) is -4.09. The number of Topliss-reactive ketones (excluding diaryl/α,β-unsaturated/α-hetero) is 1. The van der Waals surface area contributed by atoms with E-state index >= 15 is 0 Å². The van der Waals surface area contributed by atoms with Gasteiger partial charge in [0.25, 0.3) is 0 Å². The monoisotopic (exact) mass is 315 g/mol. The van der Waals surface area contributed by atoms with Crippen LogP contribution in [0.2, 0.25) is 0 Å². The van der Waals surface area contributed by atoms with Crippen molar-refractivity contribution in [2.24, 2.45) is 5.92 Å². The van der Waals surface area contributed by atoms with Gasteiger partial charge in [0.05, 0.1) is 6.04 Å². The van der Waals surface area contributed by atoms with E-state index in [2.05, 4.69) is 5.32 Å². The molecule has 0 aliphatic carbocycles. The molecule has 1 N–H and O–H groups in total. The largest absolute Gasteiger partial charge is 0.345 e. The zero-order chi connectivity index (χ0) is 16.2. The fourth-order valence-electron chi connectivity index (χ4n) is 1.90. The van der Waals surface area contributed by atoms with Crippen molar-refractivity contribution in [2.75, 3.05) is 5.75 Å². The molecule has 5 nitrogen and oxygen atoms in total. The summed E-state index contributed by atoms with van der Waals surface area (Å²) < 4.78 is 37.5. The third-order valence-corrected chi connectivity index (χ3v) is 4.56. The number of carbonyl (C=O) groups is 2. The lowest BCUT2D eigenvalue weighted by molar-refractivity contribution is -0.126. The van der Waals surface area contributed by atoms with Gasteiger partial charge < -0.3 is 5.32 Å². The third-order valence-electron chi connectivity index (χ3n) is 2.91. The molecule has 116 valence electrons. The Hall–Kier alpha value is -1.76. The standard InChI is InChI=1S/C14H18FNO4S/c1-9(2)14(10(3)17)16-13(18)8-21(19,20)12-7-5-4-6-11(12)15/h4-7,9,14H,8H2,1-3H3,(H,16,18). The van der Waals surface area contributed by atoms with Crippen molar-refractivity contribution >= 4 is 21.5 Å². The molecule has 21 heavy (non-hydrogen) atoms. The maximum Gasteiger partial charge on any atom is 0.236 e. The summed E-state index contributed by atoms with van der Waals surface area (Å²) in [4.78, 5) is 22.7. The smallest absolute Gasteiger partial charge is 0.236 e. The van der Waals surface area contributed by atoms with E-state index in [9.17, 15) is 22.4 Å². The minimum absolute atomic E-state index is 0.164. The summed E-state index contributed by atoms with van der Waals surface area (Å²) in [5.41, 5.74) is 0. The molecule has 1 aromatic rings. The second kappa shape index (κ2) is 6.80. The van der Waals surface area contributed by atoms with Crippen LogP contribution < -0.4 is 5.32 Å². The molecule has 0 saturated heterocycles. The van der Waals surface area contributed by atoms with Gasteiger partial charge in [-0.05, 0) is 25.0 Å². The molecule has 1 unspecified atom stereocenters. The van der Waals surface area contributed by atoms with Gasteiger partial charge in [-0.15, -0.1) is 0 Å². The zero-order valence-electron chi connectivity index (χ0n) is 12.1. The first kappa shape index (κ1) is 17.3. The van der Waals surface area contributed by atoms with Crippen LogP contribution in [0.1, 0.15) is 20.8 Å². The Balaban J connectivity index is 2.88. The average molecular weight is 315 g/mol. The molecule has 1 atom stereocenters. The number of benzene rings is 1. The van der Waals surface area contributed by atoms with Gasteiger partial charge in [0.15, 0.2) is 15.6 Å². The van der Waals surface area contributed by atoms with Gasteiger partial charge in [-0.3, -0.25) is 9.59 Å². The van der Waals surface area contributed by atoms with Crippen molar-refractivity contribution in [3.8, 4) is 0 Å². The van der Waals surface area contributed by atoms with Crippen LogP contribution in [-0.2, 0) is 19.4 Å². The third kappa shape index (κ3) is 4.63. The quantitative estimate of drug-likeness (QED) is 0.859. The fourth-order valence-corrected chi connectivity index (χ4v) is 3.14. The molecule has 1 aromatic carbocycles. The molecular formula is C14H18FNO4S. The van der Waals surface area contributed by atoms with E-state index in [4.69, 9.17) is 0 Å². The van der Waals surface area contributed by atoms with Crippen molar-refractivity contribution in [1.29, 1.82) is 0 Å². The van der Waals surface area contributed by atoms with Crippen LogP contribution in [0.3, 0.4) is 0 Å². The van der Waals surface area contributed by atoms with Gasteiger partial charge in [-0.2, -0.15) is 0 Å². The lowest BCUT2D eigenvalue weighted by atomic mass is 10.0. The zero-order valence-corrected chi connectivity index (χ0v) is 12.9. The lowest BCUT2D eigenvalue weighted by Crippen LogP contribution is -2.45. The minimum Gasteiger partial charge on any atom is -0.345 e. The number of halogens is 1. The van der Waals surface area contributed by atoms with E-state index in [0.29, 0.717) is 0 Å². The molecule has 0 fully saturated rings. The number of hydrogen-bond donors (Lipinski definition) is 1. The maximum atomic E-state index is 13.5. The normalized spacial score (nSPS) is 13.0. The summed E-state index contributed by atoms with van der Waals surface area (Å²) >= 11 is 0. The Kier molecular flexibility index (Phi) is 5.60. The van der Waals surface area contributed by atoms with Gasteiger partial charge in [0.2, 0.25) is 5.91 Å². The Morgan fingerprint density at radius 1 is 1.24 bits per heavy atom. The highest BCUT2D eigenvalue weighted by molar-refractivity contribution is 7.92. The predicted octanol–water partition coefficient (Wildman–Crippen LogP) is 1.33. The van der Waals surface area contributed by atoms with E-state index in [-0.39, 0.29) is 11.7 Å². The Bertz CT molecular complexity index is 640. The number of amides is 1. The second-order valence-electron chi connectivity index (χ2n) is 5.09. The number of nitrogens with one attached hydrogen (secondary N) is 1. The van der Waals surface area contributed by atoms with Gasteiger partial charge >= 0.3 is 0 Å². The first-order valence-corrected chi connectivity index (χ1v) is 8.07. The van der Waals surface area contributed by atoms with E-state index < -0.39 is 38.3 Å². The predicted molar refractivity (Wildman–Crippen MR) is 75.9 cm³/mol. The van der Waals surface area contributed by atoms with Crippen molar-refractivity contribution in [1.82, 2.24) is 5.32 Å². The molecule has 0 heterocycles. The molecule has 1 rings (SSSR count). The van der Waals surface area contributed by atoms with Crippen LogP contribution >= 0.6 is 0 Å². The molecule has 0 saturated carbocycles. The number of ketones is 1. The first-order valence-electron chi connectivity index (χ1n) is 6.42. The molecule has 0 spiro atoms. The topological polar surface area (TPSA) is 80.3 Å². The van der Waals surface area contributed by atoms with Crippen molar-refractivity contribution in [3.63, 3.8) is 0 Å². The van der Waals surface area contributed by atoms with E-state index in [0.717, 1.165) is 12.1 Å². The molecule has 7 heteroatoms. The molecular weight excluding hydrogens is 297 g/mol. The molecule has 1 amide bonds. The van der Waals surface area contributed by atoms with Gasteiger partial charge in [0.1, 0.15) is 16.5 Å². The Morgan fingerprint density at radius 3 is 2.29 bits per heavy atom. The summed E-state index contributed by atoms with van der Waals surface area (Å²) in [6.45, 7) is 4.78. The molecule has 0 aliphatic heterocycles. The number of rotatable bonds is 6. The minimum atomic E-state index is -4.09. The Morgan fingerprint density at radius 2 is 1.81 bits per heavy atom. The van der Waals surface area contributed by atoms with Crippen molar-refractivity contribution in [2.45, 2.75) is 31.7 Å². The van der Waals surface area contributed by atoms with Crippen LogP contribution in [0, 0.1) is 11.7 Å². The summed E-state index contributed by atoms with van der Waals surface area (Å²) in [5, 5.41) is 2.37. The number of carbonyl (C=O) groups excluding carboxylic acids is 2. The van der Waals surface area contributed by atoms with Gasteiger partial charge in [0, 0.05) is 0 Å². The number of sulfone groups is 1. The highest BCUT2D eigenvalue weighted by Gasteiger charge is 2.26. The van der Waals surface area contributed by atoms with Crippen molar-refractivity contribution < 1.29 is 22.4 Å². The maximum absolute atomic E-state index is 13.5. The Labute approximate surface area is 123 Å². The van der Waals surface area contributed by atoms with E-state index in [1.54, 1.807) is 13.8 Å². The summed E-state index contributed by atoms with van der Waals surface area (Å²) in [6.07, 6.45) is 0. The second-order valence-corrected chi connectivity index (χ2v) is 7.05. The SMILES string of the molecule is CC(=O)C(NC(=O)CS(=O)(=O)c1ccccc1F)C(C)C. The molecule has 0 aromatic heterocycles. The molecule has 0 radical (unpaired) electrons. The van der Waals surface area contributed by atoms with Crippen LogP contribution in [0.5, 0.6) is 0 Å². The highest BCUT2D eigenvalue weighted by Crippen LogP contribution is 2.15. The first-order chi connectivity index (χ1) is 9.65. The molecule has 0 bridgehead atoms. The van der Waals surface area contributed by atoms with Crippen LogP contribution in [-0.4, -0.2) is 31.9 Å². The summed E-state index contributed by atoms with van der Waals surface area (Å²) in [6, 6.07) is 4.09. The molecule has 0 aliphatic rings. The number of hydrogen-bond acceptors (Lipinski definition) is 4. The summed E-state index contributed by atoms with van der Waals surface area (Å²) in [5.74, 6) is -3.06. The van der Waals surface area contributed by atoms with E-state index in [1.807, 2.05) is 0 Å². The van der Waals surface area contributed by atoms with Crippen LogP contribution in [0.25, 0.3) is 0 Å². The van der Waals surface area contributed by atoms with Crippen LogP contribution in [0.15, 0.2) is 29.2 Å². The fraction of sp³-hybridized carbons (Fsp3) is 0.429. The van der Waals surface area contributed by atoms with Gasteiger partial charge in [-0.25, -0.2) is 12.8 Å². The average Bonchev–Trinajstić information content (AvgIpc) is 2.34. The highest BCUT2D eigenvalue weighted by atomic mass is 32.2. The van der Waals surface area contributed by atoms with Crippen molar-refractivity contribution in [3.05, 3.63) is 30.1 Å².